The van der Waals surface area contributed by atoms with Crippen LogP contribution in [0.15, 0.2) is 28.8 Å². The second-order valence-electron chi connectivity index (χ2n) is 5.72. The van der Waals surface area contributed by atoms with Crippen LogP contribution < -0.4 is 10.1 Å². The molecule has 1 unspecified atom stereocenters. The predicted molar refractivity (Wildman–Crippen MR) is 83.4 cm³/mol. The third kappa shape index (κ3) is 3.71. The second-order valence-corrected chi connectivity index (χ2v) is 5.72. The Kier molecular flexibility index (Phi) is 4.62. The summed E-state index contributed by atoms with van der Waals surface area (Å²) >= 11 is 0. The molecule has 6 nitrogen and oxygen atoms in total. The highest BCUT2D eigenvalue weighted by Gasteiger charge is 2.21. The quantitative estimate of drug-likeness (QED) is 0.917. The van der Waals surface area contributed by atoms with Crippen molar-refractivity contribution in [3.05, 3.63) is 46.8 Å². The Bertz CT molecular complexity index is 669. The number of carbonyl (C=O) groups excluding carboxylic acids is 1. The number of aryl methyl sites for hydroxylation is 2. The molecule has 1 amide bonds. The molecule has 23 heavy (non-hydrogen) atoms. The number of ether oxygens (including phenoxy) is 2. The first-order chi connectivity index (χ1) is 11.1. The maximum atomic E-state index is 12.1. The van der Waals surface area contributed by atoms with Crippen LogP contribution in [0.25, 0.3) is 0 Å². The van der Waals surface area contributed by atoms with Gasteiger partial charge in [-0.2, -0.15) is 0 Å². The highest BCUT2D eigenvalue weighted by atomic mass is 16.5. The fourth-order valence-corrected chi connectivity index (χ4v) is 2.57. The van der Waals surface area contributed by atoms with Crippen molar-refractivity contribution in [1.82, 2.24) is 10.5 Å². The summed E-state index contributed by atoms with van der Waals surface area (Å²) in [6, 6.07) is 7.63. The molecular formula is C17H20N2O4. The first-order valence-corrected chi connectivity index (χ1v) is 7.66. The van der Waals surface area contributed by atoms with Crippen molar-refractivity contribution in [3.8, 4) is 5.75 Å². The van der Waals surface area contributed by atoms with Crippen molar-refractivity contribution in [2.45, 2.75) is 32.9 Å². The van der Waals surface area contributed by atoms with E-state index < -0.39 is 0 Å². The van der Waals surface area contributed by atoms with Crippen molar-refractivity contribution in [2.75, 3.05) is 13.2 Å². The molecule has 1 saturated heterocycles. The average molecular weight is 316 g/mol. The highest BCUT2D eigenvalue weighted by Crippen LogP contribution is 2.23. The van der Waals surface area contributed by atoms with Crippen LogP contribution in [0, 0.1) is 13.8 Å². The first kappa shape index (κ1) is 15.6. The van der Waals surface area contributed by atoms with E-state index in [2.05, 4.69) is 10.5 Å². The fourth-order valence-electron chi connectivity index (χ4n) is 2.57. The van der Waals surface area contributed by atoms with Gasteiger partial charge in [-0.25, -0.2) is 0 Å². The maximum absolute atomic E-state index is 12.1. The molecule has 1 N–H and O–H groups in total. The molecule has 1 aliphatic rings. The zero-order valence-corrected chi connectivity index (χ0v) is 13.3. The lowest BCUT2D eigenvalue weighted by molar-refractivity contribution is 0.0920. The summed E-state index contributed by atoms with van der Waals surface area (Å²) in [5.41, 5.74) is 2.38. The lowest BCUT2D eigenvalue weighted by Crippen LogP contribution is -2.35. The lowest BCUT2D eigenvalue weighted by atomic mass is 10.1. The van der Waals surface area contributed by atoms with Gasteiger partial charge in [0.15, 0.2) is 11.5 Å². The topological polar surface area (TPSA) is 73.6 Å². The standard InChI is InChI=1S/C17H20N2O4/c1-11-4-3-5-12(2)16(11)22-10-14-8-15(19-23-14)17(20)18-13-6-7-21-9-13/h3-5,8,13H,6-7,9-10H2,1-2H3,(H,18,20). The molecule has 2 heterocycles. The smallest absolute Gasteiger partial charge is 0.273 e. The van der Waals surface area contributed by atoms with Crippen LogP contribution in [0.5, 0.6) is 5.75 Å². The summed E-state index contributed by atoms with van der Waals surface area (Å²) in [6.07, 6.45) is 0.826. The maximum Gasteiger partial charge on any atom is 0.273 e. The minimum Gasteiger partial charge on any atom is -0.485 e. The molecule has 1 aliphatic heterocycles. The van der Waals surface area contributed by atoms with E-state index in [4.69, 9.17) is 14.0 Å². The third-order valence-electron chi connectivity index (χ3n) is 3.82. The molecule has 3 rings (SSSR count). The zero-order chi connectivity index (χ0) is 16.2. The number of para-hydroxylation sites is 1. The molecule has 2 aromatic rings. The van der Waals surface area contributed by atoms with Gasteiger partial charge < -0.3 is 19.3 Å². The molecule has 0 spiro atoms. The summed E-state index contributed by atoms with van der Waals surface area (Å²) < 4.78 is 16.2. The first-order valence-electron chi connectivity index (χ1n) is 7.66. The van der Waals surface area contributed by atoms with Crippen LogP contribution in [0.2, 0.25) is 0 Å². The largest absolute Gasteiger partial charge is 0.485 e. The summed E-state index contributed by atoms with van der Waals surface area (Å²) in [6.45, 7) is 5.44. The van der Waals surface area contributed by atoms with Gasteiger partial charge in [0.1, 0.15) is 12.4 Å². The van der Waals surface area contributed by atoms with Crippen molar-refractivity contribution >= 4 is 5.91 Å². The van der Waals surface area contributed by atoms with E-state index in [0.717, 1.165) is 23.3 Å². The molecule has 1 fully saturated rings. The number of carbonyl (C=O) groups is 1. The van der Waals surface area contributed by atoms with Gasteiger partial charge in [-0.3, -0.25) is 4.79 Å². The summed E-state index contributed by atoms with van der Waals surface area (Å²) in [7, 11) is 0. The van der Waals surface area contributed by atoms with E-state index in [9.17, 15) is 4.79 Å². The molecule has 1 aromatic heterocycles. The van der Waals surface area contributed by atoms with Crippen molar-refractivity contribution < 1.29 is 18.8 Å². The van der Waals surface area contributed by atoms with Crippen LogP contribution in [0.1, 0.15) is 33.8 Å². The number of hydrogen-bond donors (Lipinski definition) is 1. The van der Waals surface area contributed by atoms with E-state index in [-0.39, 0.29) is 24.2 Å². The monoisotopic (exact) mass is 316 g/mol. The van der Waals surface area contributed by atoms with E-state index >= 15 is 0 Å². The van der Waals surface area contributed by atoms with Gasteiger partial charge in [-0.15, -0.1) is 0 Å². The van der Waals surface area contributed by atoms with Crippen molar-refractivity contribution in [2.24, 2.45) is 0 Å². The van der Waals surface area contributed by atoms with Gasteiger partial charge in [0, 0.05) is 12.7 Å². The normalized spacial score (nSPS) is 17.2. The molecule has 0 bridgehead atoms. The fraction of sp³-hybridized carbons (Fsp3) is 0.412. The van der Waals surface area contributed by atoms with Gasteiger partial charge in [0.2, 0.25) is 0 Å². The second kappa shape index (κ2) is 6.83. The third-order valence-corrected chi connectivity index (χ3v) is 3.82. The van der Waals surface area contributed by atoms with Gasteiger partial charge in [-0.05, 0) is 31.4 Å². The van der Waals surface area contributed by atoms with E-state index in [1.165, 1.54) is 0 Å². The Morgan fingerprint density at radius 2 is 2.17 bits per heavy atom. The summed E-state index contributed by atoms with van der Waals surface area (Å²) in [5.74, 6) is 1.10. The molecule has 6 heteroatoms. The Morgan fingerprint density at radius 1 is 1.39 bits per heavy atom. The van der Waals surface area contributed by atoms with Crippen molar-refractivity contribution in [3.63, 3.8) is 0 Å². The molecular weight excluding hydrogens is 296 g/mol. The van der Waals surface area contributed by atoms with Gasteiger partial charge in [0.05, 0.1) is 12.6 Å². The van der Waals surface area contributed by atoms with Crippen LogP contribution in [-0.2, 0) is 11.3 Å². The van der Waals surface area contributed by atoms with Gasteiger partial charge >= 0.3 is 0 Å². The van der Waals surface area contributed by atoms with Crippen LogP contribution in [-0.4, -0.2) is 30.3 Å². The number of rotatable bonds is 5. The van der Waals surface area contributed by atoms with Gasteiger partial charge in [0.25, 0.3) is 5.91 Å². The number of aromatic nitrogens is 1. The number of benzene rings is 1. The van der Waals surface area contributed by atoms with Crippen LogP contribution >= 0.6 is 0 Å². The lowest BCUT2D eigenvalue weighted by Gasteiger charge is -2.10. The van der Waals surface area contributed by atoms with E-state index in [1.807, 2.05) is 32.0 Å². The molecule has 1 aromatic carbocycles. The number of hydrogen-bond acceptors (Lipinski definition) is 5. The number of nitrogens with one attached hydrogen (secondary N) is 1. The molecule has 1 atom stereocenters. The SMILES string of the molecule is Cc1cccc(C)c1OCc1cc(C(=O)NC2CCOC2)no1. The van der Waals surface area contributed by atoms with E-state index in [1.54, 1.807) is 6.07 Å². The average Bonchev–Trinajstić information content (AvgIpc) is 3.18. The molecule has 0 aliphatic carbocycles. The van der Waals surface area contributed by atoms with Crippen LogP contribution in [0.4, 0.5) is 0 Å². The zero-order valence-electron chi connectivity index (χ0n) is 13.3. The van der Waals surface area contributed by atoms with Crippen LogP contribution in [0.3, 0.4) is 0 Å². The van der Waals surface area contributed by atoms with Crippen molar-refractivity contribution in [1.29, 1.82) is 0 Å². The number of nitrogens with zero attached hydrogens (tertiary/aromatic N) is 1. The minimum atomic E-state index is -0.248. The Balaban J connectivity index is 1.59. The number of amides is 1. The molecule has 122 valence electrons. The molecule has 0 radical (unpaired) electrons. The summed E-state index contributed by atoms with van der Waals surface area (Å²) in [5, 5.41) is 6.68. The Morgan fingerprint density at radius 3 is 2.87 bits per heavy atom. The Labute approximate surface area is 134 Å². The van der Waals surface area contributed by atoms with E-state index in [0.29, 0.717) is 19.0 Å². The van der Waals surface area contributed by atoms with Gasteiger partial charge in [-0.1, -0.05) is 23.4 Å². The summed E-state index contributed by atoms with van der Waals surface area (Å²) in [4.78, 5) is 12.1. The predicted octanol–water partition coefficient (Wildman–Crippen LogP) is 2.39. The molecule has 0 saturated carbocycles. The minimum absolute atomic E-state index is 0.0496. The highest BCUT2D eigenvalue weighted by molar-refractivity contribution is 5.92. The Hall–Kier alpha value is -2.34.